The van der Waals surface area contributed by atoms with Crippen LogP contribution in [0.1, 0.15) is 206 Å². The molecule has 0 saturated carbocycles. The van der Waals surface area contributed by atoms with Gasteiger partial charge in [-0.2, -0.15) is 0 Å². The number of aliphatic hydroxyl groups excluding tert-OH is 11. The lowest BCUT2D eigenvalue weighted by atomic mass is 9.96. The molecule has 17 unspecified atom stereocenters. The van der Waals surface area contributed by atoms with Gasteiger partial charge in [-0.3, -0.25) is 4.79 Å². The normalized spacial score (nSPS) is 28.8. The van der Waals surface area contributed by atoms with E-state index in [2.05, 4.69) is 104 Å². The van der Waals surface area contributed by atoms with Crippen molar-refractivity contribution in [3.63, 3.8) is 0 Å². The Morgan fingerprint density at radius 1 is 0.416 bits per heavy atom. The molecule has 3 heterocycles. The number of carbonyl (C=O) groups excluding carboxylic acids is 1. The predicted octanol–water partition coefficient (Wildman–Crippen LogP) is 8.49. The molecule has 0 aromatic heterocycles. The molecule has 0 bridgehead atoms. The van der Waals surface area contributed by atoms with E-state index in [9.17, 15) is 61.0 Å². The number of unbranched alkanes of at least 4 members (excludes halogenated alkanes) is 20. The van der Waals surface area contributed by atoms with Crippen LogP contribution in [-0.2, 0) is 33.2 Å². The summed E-state index contributed by atoms with van der Waals surface area (Å²) in [5, 5.41) is 120. The molecule has 0 aromatic rings. The van der Waals surface area contributed by atoms with Crippen molar-refractivity contribution in [2.45, 2.75) is 311 Å². The molecule has 12 N–H and O–H groups in total. The number of ether oxygens (including phenoxy) is 6. The highest BCUT2D eigenvalue weighted by molar-refractivity contribution is 5.76. The first kappa shape index (κ1) is 79.9. The number of allylic oxidation sites excluding steroid dienone is 15. The molecule has 3 aliphatic heterocycles. The lowest BCUT2D eigenvalue weighted by Crippen LogP contribution is -2.66. The van der Waals surface area contributed by atoms with Gasteiger partial charge in [-0.1, -0.05) is 220 Å². The summed E-state index contributed by atoms with van der Waals surface area (Å²) in [5.41, 5.74) is 0. The Balaban J connectivity index is 1.29. The predicted molar refractivity (Wildman–Crippen MR) is 346 cm³/mol. The SMILES string of the molecule is CC/C=C\C/C=C\C/C=C\C/C=C\C/C=C\C/C=C\C/C=C\CCCCCCCCCCCCCCCCCC(=O)NC(COC1OC(CO)C(OC2OC(CO)C(OC3OC(CO)C(O)C(O)C3O)C(O)C2O)C(O)C1O)C(O)/C=C/CCCCCCC. The molecule has 0 aliphatic carbocycles. The summed E-state index contributed by atoms with van der Waals surface area (Å²) >= 11 is 0. The molecule has 3 rings (SSSR count). The topological polar surface area (TPSA) is 307 Å². The van der Waals surface area contributed by atoms with E-state index in [-0.39, 0.29) is 18.9 Å². The third kappa shape index (κ3) is 33.4. The maximum Gasteiger partial charge on any atom is 0.220 e. The van der Waals surface area contributed by atoms with Gasteiger partial charge in [0.1, 0.15) is 73.2 Å². The average Bonchev–Trinajstić information content (AvgIpc) is 2.14. The van der Waals surface area contributed by atoms with E-state index in [0.717, 1.165) is 109 Å². The van der Waals surface area contributed by atoms with Crippen molar-refractivity contribution in [3.05, 3.63) is 97.2 Å². The van der Waals surface area contributed by atoms with E-state index in [1.807, 2.05) is 6.08 Å². The first-order chi connectivity index (χ1) is 43.3. The zero-order chi connectivity index (χ0) is 64.7. The summed E-state index contributed by atoms with van der Waals surface area (Å²) in [6.45, 7) is 1.52. The molecule has 17 atom stereocenters. The van der Waals surface area contributed by atoms with Gasteiger partial charge in [0.25, 0.3) is 0 Å². The third-order valence-electron chi connectivity index (χ3n) is 16.4. The molecule has 0 aromatic carbocycles. The van der Waals surface area contributed by atoms with Gasteiger partial charge in [0, 0.05) is 6.42 Å². The first-order valence-corrected chi connectivity index (χ1v) is 34.0. The summed E-state index contributed by atoms with van der Waals surface area (Å²) in [4.78, 5) is 13.3. The maximum atomic E-state index is 13.3. The number of carbonyl (C=O) groups is 1. The quantitative estimate of drug-likeness (QED) is 0.0201. The van der Waals surface area contributed by atoms with Gasteiger partial charge in [-0.15, -0.1) is 0 Å². The molecule has 512 valence electrons. The van der Waals surface area contributed by atoms with Crippen LogP contribution in [0.25, 0.3) is 0 Å². The highest BCUT2D eigenvalue weighted by Gasteiger charge is 2.53. The Kier molecular flexibility index (Phi) is 46.0. The lowest BCUT2D eigenvalue weighted by molar-refractivity contribution is -0.379. The van der Waals surface area contributed by atoms with Crippen LogP contribution in [0, 0.1) is 0 Å². The molecular weight excluding hydrogens is 1140 g/mol. The Bertz CT molecular complexity index is 1990. The van der Waals surface area contributed by atoms with Crippen LogP contribution >= 0.6 is 0 Å². The maximum absolute atomic E-state index is 13.3. The molecule has 0 radical (unpaired) electrons. The number of aliphatic hydroxyl groups is 11. The van der Waals surface area contributed by atoms with E-state index in [0.29, 0.717) is 6.42 Å². The summed E-state index contributed by atoms with van der Waals surface area (Å²) in [7, 11) is 0. The van der Waals surface area contributed by atoms with Crippen molar-refractivity contribution in [2.75, 3.05) is 26.4 Å². The van der Waals surface area contributed by atoms with E-state index >= 15 is 0 Å². The van der Waals surface area contributed by atoms with Crippen molar-refractivity contribution in [1.82, 2.24) is 5.32 Å². The van der Waals surface area contributed by atoms with Crippen LogP contribution in [0.15, 0.2) is 97.2 Å². The number of hydrogen-bond donors (Lipinski definition) is 12. The van der Waals surface area contributed by atoms with Gasteiger partial charge in [0.15, 0.2) is 18.9 Å². The second-order valence-electron chi connectivity index (χ2n) is 23.9. The van der Waals surface area contributed by atoms with Crippen LogP contribution in [-0.4, -0.2) is 193 Å². The van der Waals surface area contributed by atoms with Gasteiger partial charge in [-0.05, 0) is 77.0 Å². The largest absolute Gasteiger partial charge is 0.394 e. The molecule has 3 saturated heterocycles. The van der Waals surface area contributed by atoms with Gasteiger partial charge < -0.3 is 89.9 Å². The monoisotopic (exact) mass is 1260 g/mol. The minimum atomic E-state index is -1.98. The lowest BCUT2D eigenvalue weighted by Gasteiger charge is -2.48. The molecule has 19 nitrogen and oxygen atoms in total. The minimum absolute atomic E-state index is 0.238. The Hall–Kier alpha value is -3.29. The zero-order valence-electron chi connectivity index (χ0n) is 53.9. The second kappa shape index (κ2) is 51.2. The highest BCUT2D eigenvalue weighted by Crippen LogP contribution is 2.33. The fraction of sp³-hybridized carbons (Fsp3) is 0.757. The van der Waals surface area contributed by atoms with Gasteiger partial charge in [0.05, 0.1) is 38.6 Å². The fourth-order valence-electron chi connectivity index (χ4n) is 10.9. The molecule has 89 heavy (non-hydrogen) atoms. The number of hydrogen-bond acceptors (Lipinski definition) is 18. The van der Waals surface area contributed by atoms with Crippen molar-refractivity contribution in [2.24, 2.45) is 0 Å². The Morgan fingerprint density at radius 3 is 1.21 bits per heavy atom. The van der Waals surface area contributed by atoms with Gasteiger partial charge >= 0.3 is 0 Å². The van der Waals surface area contributed by atoms with Crippen molar-refractivity contribution in [3.8, 4) is 0 Å². The first-order valence-electron chi connectivity index (χ1n) is 34.0. The molecule has 3 fully saturated rings. The Labute approximate surface area is 533 Å². The number of nitrogens with one attached hydrogen (secondary N) is 1. The van der Waals surface area contributed by atoms with E-state index in [4.69, 9.17) is 28.4 Å². The minimum Gasteiger partial charge on any atom is -0.394 e. The standard InChI is InChI=1S/C70H119NO18/c1-3-5-7-9-11-12-13-14-15-16-17-18-19-20-21-22-23-24-25-26-27-28-29-30-31-32-33-34-35-36-37-38-39-40-42-44-46-48-58(76)71-53(54(75)47-45-43-41-10-8-6-4-2)52-84-68-64(82)61(79)66(56(50-73)86-68)89-70-65(83)62(80)67(57(51-74)87-70)88-69-63(81)60(78)59(77)55(49-72)85-69/h5,7,11-12,14-15,17-18,20-21,23-24,26-27,45,47,53-57,59-70,72-75,77-83H,3-4,6,8-10,13,16,19,22,25,28-44,46,48-52H2,1-2H3,(H,71,76)/b7-5-,12-11-,15-14-,18-17-,21-20-,24-23-,27-26-,47-45+. The third-order valence-corrected chi connectivity index (χ3v) is 16.4. The van der Waals surface area contributed by atoms with Crippen LogP contribution in [0.3, 0.4) is 0 Å². The molecule has 0 spiro atoms. The molecule has 19 heteroatoms. The van der Waals surface area contributed by atoms with Crippen LogP contribution in [0.5, 0.6) is 0 Å². The highest BCUT2D eigenvalue weighted by atomic mass is 16.8. The second-order valence-corrected chi connectivity index (χ2v) is 23.9. The van der Waals surface area contributed by atoms with Gasteiger partial charge in [-0.25, -0.2) is 0 Å². The molecule has 1 amide bonds. The summed E-state index contributed by atoms with van der Waals surface area (Å²) < 4.78 is 34.2. The van der Waals surface area contributed by atoms with E-state index < -0.39 is 124 Å². The summed E-state index contributed by atoms with van der Waals surface area (Å²) in [5.74, 6) is -0.284. The van der Waals surface area contributed by atoms with Crippen molar-refractivity contribution < 1.29 is 89.4 Å². The van der Waals surface area contributed by atoms with Crippen LogP contribution in [0.4, 0.5) is 0 Å². The van der Waals surface area contributed by atoms with E-state index in [1.54, 1.807) is 6.08 Å². The summed E-state index contributed by atoms with van der Waals surface area (Å²) in [6.07, 6.45) is 40.2. The Morgan fingerprint density at radius 2 is 0.775 bits per heavy atom. The van der Waals surface area contributed by atoms with E-state index in [1.165, 1.54) is 70.6 Å². The molecule has 3 aliphatic rings. The zero-order valence-corrected chi connectivity index (χ0v) is 53.9. The average molecular weight is 1260 g/mol. The number of amides is 1. The van der Waals surface area contributed by atoms with Gasteiger partial charge in [0.2, 0.25) is 5.91 Å². The summed E-state index contributed by atoms with van der Waals surface area (Å²) in [6, 6.07) is -0.974. The van der Waals surface area contributed by atoms with Crippen molar-refractivity contribution in [1.29, 1.82) is 0 Å². The van der Waals surface area contributed by atoms with Crippen LogP contribution in [0.2, 0.25) is 0 Å². The fourth-order valence-corrected chi connectivity index (χ4v) is 10.9. The smallest absolute Gasteiger partial charge is 0.220 e. The molecular formula is C70H119NO18. The van der Waals surface area contributed by atoms with Crippen molar-refractivity contribution >= 4 is 5.91 Å². The number of rotatable bonds is 50. The van der Waals surface area contributed by atoms with Crippen LogP contribution < -0.4 is 5.32 Å².